The third-order valence-corrected chi connectivity index (χ3v) is 9.95. The molecule has 43 heavy (non-hydrogen) atoms. The minimum absolute atomic E-state index is 0.0187. The van der Waals surface area contributed by atoms with Crippen molar-refractivity contribution in [2.24, 2.45) is 0 Å². The first-order valence-electron chi connectivity index (χ1n) is 14.2. The molecule has 0 spiro atoms. The van der Waals surface area contributed by atoms with Crippen molar-refractivity contribution < 1.29 is 27.2 Å². The Hall–Kier alpha value is -4.36. The van der Waals surface area contributed by atoms with Crippen molar-refractivity contribution in [2.45, 2.75) is 69.4 Å². The highest BCUT2D eigenvalue weighted by Gasteiger charge is 2.52. The first kappa shape index (κ1) is 30.1. The Labute approximate surface area is 250 Å². The number of carbonyl (C=O) groups excluding carboxylic acids is 3. The van der Waals surface area contributed by atoms with Gasteiger partial charge in [0.05, 0.1) is 28.0 Å². The number of carbonyl (C=O) groups is 3. The van der Waals surface area contributed by atoms with Crippen LogP contribution in [0, 0.1) is 17.1 Å². The minimum Gasteiger partial charge on any atom is -0.305 e. The van der Waals surface area contributed by atoms with E-state index < -0.39 is 33.1 Å². The van der Waals surface area contributed by atoms with Gasteiger partial charge in [-0.2, -0.15) is 5.26 Å². The molecule has 10 heteroatoms. The van der Waals surface area contributed by atoms with Crippen LogP contribution in [-0.2, 0) is 38.8 Å². The molecule has 3 amide bonds. The zero-order chi connectivity index (χ0) is 31.1. The second-order valence-corrected chi connectivity index (χ2v) is 13.9. The Morgan fingerprint density at radius 3 is 2.33 bits per heavy atom. The maximum atomic E-state index is 14.3. The van der Waals surface area contributed by atoms with E-state index in [9.17, 15) is 32.5 Å². The third kappa shape index (κ3) is 5.95. The second kappa shape index (κ2) is 11.4. The zero-order valence-electron chi connectivity index (χ0n) is 24.3. The largest absolute Gasteiger partial charge is 0.332 e. The molecule has 3 aromatic rings. The Morgan fingerprint density at radius 2 is 1.70 bits per heavy atom. The first-order chi connectivity index (χ1) is 20.3. The van der Waals surface area contributed by atoms with Gasteiger partial charge in [-0.25, -0.2) is 22.5 Å². The van der Waals surface area contributed by atoms with Gasteiger partial charge in [-0.15, -0.1) is 0 Å². The zero-order valence-corrected chi connectivity index (χ0v) is 25.1. The van der Waals surface area contributed by atoms with Crippen molar-refractivity contribution in [2.75, 3.05) is 10.7 Å². The lowest BCUT2D eigenvalue weighted by Gasteiger charge is -2.28. The number of anilines is 1. The number of halogens is 1. The fraction of sp³-hybridized carbons (Fsp3) is 0.333. The van der Waals surface area contributed by atoms with Crippen molar-refractivity contribution >= 4 is 33.2 Å². The quantitative estimate of drug-likeness (QED) is 0.285. The van der Waals surface area contributed by atoms with Crippen LogP contribution in [0.25, 0.3) is 0 Å². The molecule has 1 saturated heterocycles. The molecule has 8 nitrogen and oxygen atoms in total. The molecule has 2 fully saturated rings. The summed E-state index contributed by atoms with van der Waals surface area (Å²) in [4.78, 5) is 43.1. The van der Waals surface area contributed by atoms with Gasteiger partial charge >= 0.3 is 6.03 Å². The summed E-state index contributed by atoms with van der Waals surface area (Å²) in [5.74, 6) is -0.948. The lowest BCUT2D eigenvalue weighted by molar-refractivity contribution is -0.123. The van der Waals surface area contributed by atoms with Crippen molar-refractivity contribution in [1.82, 2.24) is 4.90 Å². The van der Waals surface area contributed by atoms with Gasteiger partial charge in [0.2, 0.25) is 0 Å². The Bertz CT molecular complexity index is 1770. The predicted octanol–water partition coefficient (Wildman–Crippen LogP) is 5.47. The van der Waals surface area contributed by atoms with E-state index in [1.807, 2.05) is 0 Å². The highest BCUT2D eigenvalue weighted by Crippen LogP contribution is 2.44. The highest BCUT2D eigenvalue weighted by molar-refractivity contribution is 7.91. The van der Waals surface area contributed by atoms with E-state index in [1.54, 1.807) is 51.1 Å². The summed E-state index contributed by atoms with van der Waals surface area (Å²) in [6, 6.07) is 16.8. The molecule has 0 bridgehead atoms. The number of nitrogens with zero attached hydrogens (tertiary/aromatic N) is 3. The Kier molecular flexibility index (Phi) is 7.97. The first-order valence-corrected chi connectivity index (χ1v) is 15.8. The molecule has 1 aliphatic carbocycles. The average Bonchev–Trinajstić information content (AvgIpc) is 3.80. The molecule has 5 rings (SSSR count). The van der Waals surface area contributed by atoms with Crippen LogP contribution in [0.4, 0.5) is 14.9 Å². The molecule has 0 unspecified atom stereocenters. The van der Waals surface area contributed by atoms with E-state index in [2.05, 4.69) is 6.07 Å². The van der Waals surface area contributed by atoms with Crippen LogP contribution in [0.15, 0.2) is 65.6 Å². The smallest absolute Gasteiger partial charge is 0.305 e. The van der Waals surface area contributed by atoms with Crippen LogP contribution in [-0.4, -0.2) is 42.3 Å². The molecule has 0 N–H and O–H groups in total. The van der Waals surface area contributed by atoms with Gasteiger partial charge in [0, 0.05) is 19.4 Å². The summed E-state index contributed by atoms with van der Waals surface area (Å²) in [6.45, 7) is 4.84. The van der Waals surface area contributed by atoms with Crippen molar-refractivity contribution in [3.05, 3.63) is 94.3 Å². The summed E-state index contributed by atoms with van der Waals surface area (Å²) in [5.41, 5.74) is 2.11. The molecule has 0 radical (unpaired) electrons. The van der Waals surface area contributed by atoms with E-state index in [0.29, 0.717) is 27.9 Å². The van der Waals surface area contributed by atoms with Crippen molar-refractivity contribution in [3.63, 3.8) is 0 Å². The van der Waals surface area contributed by atoms with Gasteiger partial charge in [0.15, 0.2) is 9.84 Å². The normalized spacial score (nSPS) is 16.4. The predicted molar refractivity (Wildman–Crippen MR) is 159 cm³/mol. The van der Waals surface area contributed by atoms with Gasteiger partial charge in [0.1, 0.15) is 17.1 Å². The lowest BCUT2D eigenvalue weighted by Crippen LogP contribution is -2.43. The summed E-state index contributed by atoms with van der Waals surface area (Å²) >= 11 is 0. The standard InChI is InChI=1S/C33H32FN3O5S/c1-4-43(41,42)29-13-5-21(6-14-29)15-28(38)17-25-16-26(34)11-9-24(25)20-36-32(40)37(31(39)33(36,2)3)27-12-10-23(19-35)30(18-27)22-7-8-22/h5-6,9-14,16,18,22H,4,7-8,15,17,20H2,1-3H3. The van der Waals surface area contributed by atoms with Crippen molar-refractivity contribution in [3.8, 4) is 6.07 Å². The van der Waals surface area contributed by atoms with E-state index in [0.717, 1.165) is 23.3 Å². The fourth-order valence-electron chi connectivity index (χ4n) is 5.42. The molecule has 222 valence electrons. The van der Waals surface area contributed by atoms with Gasteiger partial charge < -0.3 is 4.90 Å². The van der Waals surface area contributed by atoms with Gasteiger partial charge in [0.25, 0.3) is 5.91 Å². The molecule has 1 saturated carbocycles. The van der Waals surface area contributed by atoms with Gasteiger partial charge in [-0.1, -0.05) is 25.1 Å². The van der Waals surface area contributed by atoms with Gasteiger partial charge in [-0.3, -0.25) is 9.59 Å². The van der Waals surface area contributed by atoms with Gasteiger partial charge in [-0.05, 0) is 97.3 Å². The number of ketones is 1. The van der Waals surface area contributed by atoms with E-state index in [4.69, 9.17) is 0 Å². The number of hydrogen-bond acceptors (Lipinski definition) is 6. The third-order valence-electron chi connectivity index (χ3n) is 8.20. The summed E-state index contributed by atoms with van der Waals surface area (Å²) in [6.07, 6.45) is 1.82. The van der Waals surface area contributed by atoms with Crippen LogP contribution in [0.5, 0.6) is 0 Å². The van der Waals surface area contributed by atoms with Crippen LogP contribution >= 0.6 is 0 Å². The SMILES string of the molecule is CCS(=O)(=O)c1ccc(CC(=O)Cc2cc(F)ccc2CN2C(=O)N(c3ccc(C#N)c(C4CC4)c3)C(=O)C2(C)C)cc1. The summed E-state index contributed by atoms with van der Waals surface area (Å²) in [5, 5.41) is 9.51. The number of hydrogen-bond donors (Lipinski definition) is 0. The Balaban J connectivity index is 1.36. The molecule has 0 aromatic heterocycles. The lowest BCUT2D eigenvalue weighted by atomic mass is 9.97. The molecule has 1 aliphatic heterocycles. The summed E-state index contributed by atoms with van der Waals surface area (Å²) in [7, 11) is -3.36. The monoisotopic (exact) mass is 601 g/mol. The van der Waals surface area contributed by atoms with Crippen LogP contribution in [0.3, 0.4) is 0 Å². The van der Waals surface area contributed by atoms with E-state index in [-0.39, 0.29) is 41.7 Å². The molecule has 3 aromatic carbocycles. The van der Waals surface area contributed by atoms with E-state index >= 15 is 0 Å². The maximum absolute atomic E-state index is 14.3. The molecular formula is C33H32FN3O5S. The maximum Gasteiger partial charge on any atom is 0.332 e. The highest BCUT2D eigenvalue weighted by atomic mass is 32.2. The fourth-order valence-corrected chi connectivity index (χ4v) is 6.30. The number of benzene rings is 3. The van der Waals surface area contributed by atoms with Crippen LogP contribution in [0.1, 0.15) is 67.3 Å². The Morgan fingerprint density at radius 1 is 1.00 bits per heavy atom. The van der Waals surface area contributed by atoms with E-state index in [1.165, 1.54) is 35.2 Å². The number of nitriles is 1. The molecule has 0 atom stereocenters. The number of sulfone groups is 1. The molecule has 1 heterocycles. The second-order valence-electron chi connectivity index (χ2n) is 11.6. The number of urea groups is 1. The number of imide groups is 1. The van der Waals surface area contributed by atoms with Crippen LogP contribution < -0.4 is 4.90 Å². The average molecular weight is 602 g/mol. The number of Topliss-reactive ketones (excluding diaryl/α,β-unsaturated/α-hetero) is 1. The number of amides is 3. The van der Waals surface area contributed by atoms with Crippen molar-refractivity contribution in [1.29, 1.82) is 5.26 Å². The molecule has 2 aliphatic rings. The molecular weight excluding hydrogens is 569 g/mol. The van der Waals surface area contributed by atoms with Crippen LogP contribution in [0.2, 0.25) is 0 Å². The minimum atomic E-state index is -3.36. The topological polar surface area (TPSA) is 116 Å². The summed E-state index contributed by atoms with van der Waals surface area (Å²) < 4.78 is 38.5. The number of rotatable bonds is 10.